The van der Waals surface area contributed by atoms with Gasteiger partial charge in [0.15, 0.2) is 5.79 Å². The minimum absolute atomic E-state index is 0.0837. The van der Waals surface area contributed by atoms with Crippen LogP contribution in [0, 0.1) is 11.8 Å². The Morgan fingerprint density at radius 3 is 2.78 bits per heavy atom. The number of aliphatic hydroxyl groups is 1. The van der Waals surface area contributed by atoms with Crippen LogP contribution in [0.3, 0.4) is 0 Å². The first-order valence-corrected chi connectivity index (χ1v) is 8.44. The van der Waals surface area contributed by atoms with Gasteiger partial charge in [-0.05, 0) is 31.0 Å². The fourth-order valence-electron chi connectivity index (χ4n) is 3.95. The van der Waals surface area contributed by atoms with E-state index in [-0.39, 0.29) is 17.9 Å². The number of benzene rings is 1. The van der Waals surface area contributed by atoms with Crippen molar-refractivity contribution in [3.8, 4) is 0 Å². The van der Waals surface area contributed by atoms with Gasteiger partial charge in [-0.1, -0.05) is 35.8 Å². The van der Waals surface area contributed by atoms with E-state index in [9.17, 15) is 5.11 Å². The number of nitrogens with one attached hydrogen (secondary N) is 1. The van der Waals surface area contributed by atoms with Crippen LogP contribution in [-0.2, 0) is 9.68 Å². The van der Waals surface area contributed by atoms with E-state index in [4.69, 9.17) is 21.3 Å². The van der Waals surface area contributed by atoms with Gasteiger partial charge in [0.2, 0.25) is 0 Å². The lowest BCUT2D eigenvalue weighted by Crippen LogP contribution is -2.50. The molecule has 5 nitrogen and oxygen atoms in total. The quantitative estimate of drug-likeness (QED) is 0.871. The zero-order valence-electron chi connectivity index (χ0n) is 13.3. The molecule has 2 fully saturated rings. The Kier molecular flexibility index (Phi) is 3.47. The van der Waals surface area contributed by atoms with E-state index in [0.29, 0.717) is 11.4 Å². The van der Waals surface area contributed by atoms with Gasteiger partial charge in [0, 0.05) is 35.7 Å². The Morgan fingerprint density at radius 1 is 1.35 bits per heavy atom. The summed E-state index contributed by atoms with van der Waals surface area (Å²) in [5, 5.41) is 15.7. The summed E-state index contributed by atoms with van der Waals surface area (Å²) in [6.07, 6.45) is 2.18. The highest BCUT2D eigenvalue weighted by molar-refractivity contribution is 6.30. The van der Waals surface area contributed by atoms with E-state index in [1.807, 2.05) is 31.2 Å². The number of oxime groups is 1. The monoisotopic (exact) mass is 336 g/mol. The van der Waals surface area contributed by atoms with Gasteiger partial charge in [-0.2, -0.15) is 5.48 Å². The van der Waals surface area contributed by atoms with Gasteiger partial charge in [0.1, 0.15) is 5.60 Å². The molecule has 4 rings (SSSR count). The fraction of sp³-hybridized carbons (Fsp3) is 0.588. The number of halogens is 1. The summed E-state index contributed by atoms with van der Waals surface area (Å²) in [6.45, 7) is 4.09. The Hall–Kier alpha value is -1.14. The highest BCUT2D eigenvalue weighted by Gasteiger charge is 2.57. The number of fused-ring (bicyclic) bond motifs is 2. The van der Waals surface area contributed by atoms with Crippen molar-refractivity contribution in [1.82, 2.24) is 5.48 Å². The topological polar surface area (TPSA) is 63.1 Å². The molecule has 1 saturated carbocycles. The third-order valence-electron chi connectivity index (χ3n) is 5.70. The van der Waals surface area contributed by atoms with Crippen LogP contribution >= 0.6 is 11.6 Å². The molecule has 1 aliphatic carbocycles. The molecule has 3 aliphatic rings. The minimum Gasteiger partial charge on any atom is -0.389 e. The number of rotatable bonds is 2. The lowest BCUT2D eigenvalue weighted by Gasteiger charge is -2.41. The predicted octanol–water partition coefficient (Wildman–Crippen LogP) is 2.86. The van der Waals surface area contributed by atoms with Crippen LogP contribution in [-0.4, -0.2) is 28.2 Å². The van der Waals surface area contributed by atoms with Gasteiger partial charge < -0.3 is 9.94 Å². The van der Waals surface area contributed by atoms with Crippen molar-refractivity contribution in [2.75, 3.05) is 0 Å². The zero-order valence-corrected chi connectivity index (χ0v) is 14.0. The molecule has 5 atom stereocenters. The Balaban J connectivity index is 1.52. The summed E-state index contributed by atoms with van der Waals surface area (Å²) in [5.74, 6) is -0.846. The van der Waals surface area contributed by atoms with Crippen molar-refractivity contribution < 1.29 is 14.8 Å². The standard InChI is InChI=1S/C17H21ClN2O3/c1-10-14-7-12(8-17(10,21)23-19-14)16(2)9-15(20-22-16)11-3-5-13(18)6-4-11/h3-6,10,12,14,19,21H,7-9H2,1-2H3/t10?,12-,14?,16?,17?/m1/s1. The molecule has 4 unspecified atom stereocenters. The lowest BCUT2D eigenvalue weighted by molar-refractivity contribution is -0.237. The lowest BCUT2D eigenvalue weighted by atomic mass is 9.68. The van der Waals surface area contributed by atoms with Crippen molar-refractivity contribution in [2.24, 2.45) is 17.0 Å². The first kappa shape index (κ1) is 15.4. The van der Waals surface area contributed by atoms with Gasteiger partial charge in [-0.3, -0.25) is 4.84 Å². The van der Waals surface area contributed by atoms with Crippen LogP contribution in [0.5, 0.6) is 0 Å². The van der Waals surface area contributed by atoms with Crippen LogP contribution in [0.25, 0.3) is 0 Å². The maximum absolute atomic E-state index is 10.7. The molecule has 0 amide bonds. The number of hydroxylamine groups is 1. The molecule has 124 valence electrons. The molecule has 1 aromatic carbocycles. The second-order valence-corrected chi connectivity index (χ2v) is 7.66. The van der Waals surface area contributed by atoms with Gasteiger partial charge in [-0.15, -0.1) is 0 Å². The van der Waals surface area contributed by atoms with E-state index in [1.165, 1.54) is 0 Å². The molecule has 0 spiro atoms. The van der Waals surface area contributed by atoms with Gasteiger partial charge in [0.25, 0.3) is 0 Å². The molecule has 2 heterocycles. The van der Waals surface area contributed by atoms with Gasteiger partial charge >= 0.3 is 0 Å². The van der Waals surface area contributed by atoms with E-state index in [2.05, 4.69) is 17.6 Å². The van der Waals surface area contributed by atoms with Crippen LogP contribution in [0.1, 0.15) is 38.7 Å². The zero-order chi connectivity index (χ0) is 16.2. The molecule has 2 N–H and O–H groups in total. The molecule has 1 saturated heterocycles. The molecule has 6 heteroatoms. The maximum atomic E-state index is 10.7. The van der Waals surface area contributed by atoms with Crippen molar-refractivity contribution in [1.29, 1.82) is 0 Å². The van der Waals surface area contributed by atoms with Crippen molar-refractivity contribution in [3.05, 3.63) is 34.9 Å². The highest BCUT2D eigenvalue weighted by Crippen LogP contribution is 2.48. The minimum atomic E-state index is -1.11. The Morgan fingerprint density at radius 2 is 2.09 bits per heavy atom. The first-order valence-electron chi connectivity index (χ1n) is 8.06. The summed E-state index contributed by atoms with van der Waals surface area (Å²) in [6, 6.07) is 7.79. The second kappa shape index (κ2) is 5.18. The maximum Gasteiger partial charge on any atom is 0.189 e. The molecule has 2 aliphatic heterocycles. The molecule has 0 aromatic heterocycles. The smallest absolute Gasteiger partial charge is 0.189 e. The summed E-state index contributed by atoms with van der Waals surface area (Å²) in [7, 11) is 0. The van der Waals surface area contributed by atoms with Crippen LogP contribution in [0.4, 0.5) is 0 Å². The van der Waals surface area contributed by atoms with Crippen LogP contribution in [0.15, 0.2) is 29.4 Å². The van der Waals surface area contributed by atoms with Crippen molar-refractivity contribution in [2.45, 2.75) is 50.5 Å². The summed E-state index contributed by atoms with van der Waals surface area (Å²) in [5.41, 5.74) is 4.50. The van der Waals surface area contributed by atoms with Crippen LogP contribution in [0.2, 0.25) is 5.02 Å². The molecule has 2 bridgehead atoms. The Bertz CT molecular complexity index is 650. The molecule has 1 aromatic rings. The van der Waals surface area contributed by atoms with Crippen LogP contribution < -0.4 is 5.48 Å². The molecular formula is C17H21ClN2O3. The van der Waals surface area contributed by atoms with Crippen molar-refractivity contribution >= 4 is 17.3 Å². The SMILES string of the molecule is CC1C2C[C@@H](C3(C)CC(c4ccc(Cl)cc4)=NO3)CC1(O)ON2. The molecular weight excluding hydrogens is 316 g/mol. The van der Waals surface area contributed by atoms with E-state index < -0.39 is 11.4 Å². The first-order chi connectivity index (χ1) is 10.9. The molecule has 23 heavy (non-hydrogen) atoms. The third-order valence-corrected chi connectivity index (χ3v) is 5.96. The average molecular weight is 337 g/mol. The predicted molar refractivity (Wildman–Crippen MR) is 86.9 cm³/mol. The molecule has 0 radical (unpaired) electrons. The summed E-state index contributed by atoms with van der Waals surface area (Å²) >= 11 is 5.94. The number of hydrogen-bond acceptors (Lipinski definition) is 5. The second-order valence-electron chi connectivity index (χ2n) is 7.22. The highest BCUT2D eigenvalue weighted by atomic mass is 35.5. The summed E-state index contributed by atoms with van der Waals surface area (Å²) < 4.78 is 0. The Labute approximate surface area is 140 Å². The van der Waals surface area contributed by atoms with E-state index >= 15 is 0 Å². The van der Waals surface area contributed by atoms with Gasteiger partial charge in [-0.25, -0.2) is 0 Å². The summed E-state index contributed by atoms with van der Waals surface area (Å²) in [4.78, 5) is 11.3. The normalized spacial score (nSPS) is 42.4. The van der Waals surface area contributed by atoms with E-state index in [0.717, 1.165) is 24.1 Å². The average Bonchev–Trinajstić information content (AvgIpc) is 2.97. The van der Waals surface area contributed by atoms with Crippen molar-refractivity contribution in [3.63, 3.8) is 0 Å². The largest absolute Gasteiger partial charge is 0.389 e. The van der Waals surface area contributed by atoms with Gasteiger partial charge in [0.05, 0.1) is 5.71 Å². The number of hydrogen-bond donors (Lipinski definition) is 2. The fourth-order valence-corrected chi connectivity index (χ4v) is 4.07. The number of nitrogens with zero attached hydrogens (tertiary/aromatic N) is 1. The third kappa shape index (κ3) is 2.47. The van der Waals surface area contributed by atoms with E-state index in [1.54, 1.807) is 0 Å².